The summed E-state index contributed by atoms with van der Waals surface area (Å²) in [6.45, 7) is 0. The second-order valence-electron chi connectivity index (χ2n) is 5.43. The molecule has 0 heterocycles. The summed E-state index contributed by atoms with van der Waals surface area (Å²) < 4.78 is 5.55. The molecule has 0 aliphatic heterocycles. The molecule has 0 atom stereocenters. The first-order valence-electron chi connectivity index (χ1n) is 7.63. The molecule has 0 fully saturated rings. The Labute approximate surface area is 148 Å². The Morgan fingerprint density at radius 1 is 0.731 bits per heavy atom. The molecule has 0 aliphatic carbocycles. The largest absolute Gasteiger partial charge is 0.508 e. The van der Waals surface area contributed by atoms with Gasteiger partial charge in [0.15, 0.2) is 0 Å². The summed E-state index contributed by atoms with van der Waals surface area (Å²) in [7, 11) is 0. The SMILES string of the molecule is O=C(O)c1c(Oc2ccc(O)cc2)ccc(-c2ccccc2)c1C(=O)O. The van der Waals surface area contributed by atoms with Crippen molar-refractivity contribution < 1.29 is 29.6 Å². The first-order valence-corrected chi connectivity index (χ1v) is 7.63. The molecule has 3 aromatic carbocycles. The highest BCUT2D eigenvalue weighted by Crippen LogP contribution is 2.35. The van der Waals surface area contributed by atoms with Crippen molar-refractivity contribution in [3.63, 3.8) is 0 Å². The highest BCUT2D eigenvalue weighted by Gasteiger charge is 2.26. The van der Waals surface area contributed by atoms with Gasteiger partial charge in [0.2, 0.25) is 0 Å². The minimum Gasteiger partial charge on any atom is -0.508 e. The van der Waals surface area contributed by atoms with Gasteiger partial charge in [0, 0.05) is 0 Å². The number of hydrogen-bond donors (Lipinski definition) is 3. The number of phenols is 1. The Hall–Kier alpha value is -3.80. The van der Waals surface area contributed by atoms with Gasteiger partial charge in [0.1, 0.15) is 22.8 Å². The number of hydrogen-bond acceptors (Lipinski definition) is 4. The Bertz CT molecular complexity index is 962. The third-order valence-corrected chi connectivity index (χ3v) is 3.74. The highest BCUT2D eigenvalue weighted by atomic mass is 16.5. The van der Waals surface area contributed by atoms with Crippen LogP contribution >= 0.6 is 0 Å². The van der Waals surface area contributed by atoms with Crippen LogP contribution in [0.4, 0.5) is 0 Å². The van der Waals surface area contributed by atoms with Crippen LogP contribution in [0.5, 0.6) is 17.2 Å². The molecule has 3 rings (SSSR count). The average molecular weight is 350 g/mol. The first kappa shape index (κ1) is 17.0. The maximum absolute atomic E-state index is 11.8. The summed E-state index contributed by atoms with van der Waals surface area (Å²) in [5.41, 5.74) is 0.0871. The van der Waals surface area contributed by atoms with Crippen LogP contribution in [0.25, 0.3) is 11.1 Å². The van der Waals surface area contributed by atoms with Gasteiger partial charge in [-0.05, 0) is 47.5 Å². The van der Waals surface area contributed by atoms with Gasteiger partial charge < -0.3 is 20.1 Å². The lowest BCUT2D eigenvalue weighted by molar-refractivity contribution is 0.0649. The highest BCUT2D eigenvalue weighted by molar-refractivity contribution is 6.08. The molecule has 0 saturated heterocycles. The first-order chi connectivity index (χ1) is 12.5. The molecule has 26 heavy (non-hydrogen) atoms. The number of rotatable bonds is 5. The molecule has 0 amide bonds. The van der Waals surface area contributed by atoms with Crippen molar-refractivity contribution in [3.05, 3.63) is 77.9 Å². The predicted octanol–water partition coefficient (Wildman–Crippen LogP) is 4.25. The van der Waals surface area contributed by atoms with E-state index in [1.807, 2.05) is 0 Å². The van der Waals surface area contributed by atoms with Crippen LogP contribution in [-0.2, 0) is 0 Å². The van der Waals surface area contributed by atoms with Crippen molar-refractivity contribution in [1.29, 1.82) is 0 Å². The zero-order valence-corrected chi connectivity index (χ0v) is 13.4. The van der Waals surface area contributed by atoms with Crippen molar-refractivity contribution in [2.24, 2.45) is 0 Å². The molecule has 0 bridgehead atoms. The number of carboxylic acid groups (broad SMARTS) is 2. The van der Waals surface area contributed by atoms with Crippen molar-refractivity contribution >= 4 is 11.9 Å². The number of ether oxygens (including phenoxy) is 1. The number of aromatic carboxylic acids is 2. The van der Waals surface area contributed by atoms with Crippen LogP contribution in [0.1, 0.15) is 20.7 Å². The number of carboxylic acids is 2. The molecule has 6 nitrogen and oxygen atoms in total. The molecule has 3 N–H and O–H groups in total. The van der Waals surface area contributed by atoms with Crippen LogP contribution in [-0.4, -0.2) is 27.3 Å². The molecule has 0 radical (unpaired) electrons. The second kappa shape index (κ2) is 6.98. The summed E-state index contributed by atoms with van der Waals surface area (Å²) in [4.78, 5) is 23.6. The lowest BCUT2D eigenvalue weighted by Gasteiger charge is -2.14. The number of phenolic OH excluding ortho intramolecular Hbond substituents is 1. The second-order valence-corrected chi connectivity index (χ2v) is 5.43. The van der Waals surface area contributed by atoms with E-state index in [2.05, 4.69) is 0 Å². The molecular formula is C20H14O6. The van der Waals surface area contributed by atoms with Crippen LogP contribution in [0, 0.1) is 0 Å². The molecule has 0 saturated carbocycles. The molecule has 0 unspecified atom stereocenters. The fraction of sp³-hybridized carbons (Fsp3) is 0. The fourth-order valence-corrected chi connectivity index (χ4v) is 2.60. The molecule has 130 valence electrons. The van der Waals surface area contributed by atoms with E-state index in [0.29, 0.717) is 5.56 Å². The van der Waals surface area contributed by atoms with E-state index in [9.17, 15) is 24.9 Å². The number of aromatic hydroxyl groups is 1. The lowest BCUT2D eigenvalue weighted by Crippen LogP contribution is -2.11. The van der Waals surface area contributed by atoms with Crippen molar-refractivity contribution in [3.8, 4) is 28.4 Å². The van der Waals surface area contributed by atoms with Gasteiger partial charge in [-0.15, -0.1) is 0 Å². The Morgan fingerprint density at radius 2 is 1.35 bits per heavy atom. The van der Waals surface area contributed by atoms with E-state index in [4.69, 9.17) is 4.74 Å². The fourth-order valence-electron chi connectivity index (χ4n) is 2.60. The minimum atomic E-state index is -1.41. The molecule has 6 heteroatoms. The van der Waals surface area contributed by atoms with E-state index in [0.717, 1.165) is 0 Å². The van der Waals surface area contributed by atoms with Crippen molar-refractivity contribution in [2.45, 2.75) is 0 Å². The predicted molar refractivity (Wildman–Crippen MR) is 94.0 cm³/mol. The van der Waals surface area contributed by atoms with E-state index in [-0.39, 0.29) is 28.4 Å². The third-order valence-electron chi connectivity index (χ3n) is 3.74. The summed E-state index contributed by atoms with van der Waals surface area (Å²) >= 11 is 0. The van der Waals surface area contributed by atoms with E-state index < -0.39 is 17.5 Å². The lowest BCUT2D eigenvalue weighted by atomic mass is 9.94. The van der Waals surface area contributed by atoms with Gasteiger partial charge in [-0.3, -0.25) is 0 Å². The van der Waals surface area contributed by atoms with E-state index >= 15 is 0 Å². The smallest absolute Gasteiger partial charge is 0.340 e. The molecule has 0 aromatic heterocycles. The van der Waals surface area contributed by atoms with E-state index in [1.165, 1.54) is 36.4 Å². The monoisotopic (exact) mass is 350 g/mol. The van der Waals surface area contributed by atoms with Crippen molar-refractivity contribution in [1.82, 2.24) is 0 Å². The molecule has 3 aromatic rings. The summed E-state index contributed by atoms with van der Waals surface area (Å²) in [5.74, 6) is -2.57. The van der Waals surface area contributed by atoms with E-state index in [1.54, 1.807) is 30.3 Å². The minimum absolute atomic E-state index is 0.0291. The van der Waals surface area contributed by atoms with Crippen LogP contribution < -0.4 is 4.74 Å². The van der Waals surface area contributed by atoms with Crippen LogP contribution in [0.3, 0.4) is 0 Å². The Morgan fingerprint density at radius 3 is 1.92 bits per heavy atom. The average Bonchev–Trinajstić information content (AvgIpc) is 2.63. The van der Waals surface area contributed by atoms with Gasteiger partial charge in [-0.2, -0.15) is 0 Å². The van der Waals surface area contributed by atoms with Crippen molar-refractivity contribution in [2.75, 3.05) is 0 Å². The van der Waals surface area contributed by atoms with Gasteiger partial charge in [0.05, 0.1) is 5.56 Å². The third kappa shape index (κ3) is 3.34. The standard InChI is InChI=1S/C20H14O6/c21-13-6-8-14(9-7-13)26-16-11-10-15(12-4-2-1-3-5-12)17(19(22)23)18(16)20(24)25/h1-11,21H,(H,22,23)(H,24,25). The number of benzene rings is 3. The topological polar surface area (TPSA) is 104 Å². The molecule has 0 aliphatic rings. The van der Waals surface area contributed by atoms with Crippen LogP contribution in [0.15, 0.2) is 66.7 Å². The van der Waals surface area contributed by atoms with Crippen LogP contribution in [0.2, 0.25) is 0 Å². The summed E-state index contributed by atoms with van der Waals surface area (Å²) in [6, 6.07) is 17.3. The van der Waals surface area contributed by atoms with Gasteiger partial charge in [-0.1, -0.05) is 30.3 Å². The Balaban J connectivity index is 2.17. The van der Waals surface area contributed by atoms with Gasteiger partial charge >= 0.3 is 11.9 Å². The summed E-state index contributed by atoms with van der Waals surface area (Å²) in [5, 5.41) is 28.6. The maximum Gasteiger partial charge on any atom is 0.340 e. The zero-order chi connectivity index (χ0) is 18.7. The zero-order valence-electron chi connectivity index (χ0n) is 13.4. The summed E-state index contributed by atoms with van der Waals surface area (Å²) in [6.07, 6.45) is 0. The Kier molecular flexibility index (Phi) is 4.57. The maximum atomic E-state index is 11.8. The molecular weight excluding hydrogens is 336 g/mol. The quantitative estimate of drug-likeness (QED) is 0.635. The molecule has 0 spiro atoms. The number of carbonyl (C=O) groups is 2. The normalized spacial score (nSPS) is 10.3. The van der Waals surface area contributed by atoms with Gasteiger partial charge in [-0.25, -0.2) is 9.59 Å². The van der Waals surface area contributed by atoms with Gasteiger partial charge in [0.25, 0.3) is 0 Å².